The number of carbonyl (C=O) groups is 1. The number of amides is 1. The predicted molar refractivity (Wildman–Crippen MR) is 106 cm³/mol. The van der Waals surface area contributed by atoms with E-state index in [0.717, 1.165) is 17.7 Å². The molecule has 1 unspecified atom stereocenters. The lowest BCUT2D eigenvalue weighted by Gasteiger charge is -2.27. The molecule has 0 saturated heterocycles. The first-order chi connectivity index (χ1) is 14.9. The summed E-state index contributed by atoms with van der Waals surface area (Å²) in [6, 6.07) is 7.96. The minimum Gasteiger partial charge on any atom is -0.350 e. The van der Waals surface area contributed by atoms with Crippen molar-refractivity contribution in [1.82, 2.24) is 30.5 Å². The fourth-order valence-corrected chi connectivity index (χ4v) is 3.19. The number of hydrogen-bond donors (Lipinski definition) is 1. The van der Waals surface area contributed by atoms with Gasteiger partial charge in [0.1, 0.15) is 17.3 Å². The van der Waals surface area contributed by atoms with Gasteiger partial charge in [-0.15, -0.1) is 0 Å². The van der Waals surface area contributed by atoms with E-state index in [1.54, 1.807) is 30.2 Å². The van der Waals surface area contributed by atoms with Crippen LogP contribution in [0.5, 0.6) is 0 Å². The summed E-state index contributed by atoms with van der Waals surface area (Å²) in [6.07, 6.45) is 5.10. The lowest BCUT2D eigenvalue weighted by atomic mass is 9.80. The van der Waals surface area contributed by atoms with E-state index in [4.69, 9.17) is 4.52 Å². The molecule has 0 aliphatic carbocycles. The number of aryl methyl sites for hydroxylation is 1. The van der Waals surface area contributed by atoms with Gasteiger partial charge in [0, 0.05) is 49.2 Å². The monoisotopic (exact) mass is 424 g/mol. The summed E-state index contributed by atoms with van der Waals surface area (Å²) >= 11 is 0. The van der Waals surface area contributed by atoms with Crippen molar-refractivity contribution in [3.8, 4) is 11.3 Å². The van der Waals surface area contributed by atoms with Gasteiger partial charge in [0.2, 0.25) is 5.76 Å². The summed E-state index contributed by atoms with van der Waals surface area (Å²) in [5.74, 6) is -2.15. The zero-order valence-electron chi connectivity index (χ0n) is 16.7. The zero-order chi connectivity index (χ0) is 22.0. The number of nitrogens with zero attached hydrogens (tertiary/aromatic N) is 5. The van der Waals surface area contributed by atoms with Gasteiger partial charge in [-0.25, -0.2) is 8.78 Å². The van der Waals surface area contributed by atoms with Crippen LogP contribution in [0.2, 0.25) is 0 Å². The standard InChI is InChI=1S/C21H18F2N6O2/c1-21(13-10-26-29(2)11-13,19-4-3-7-25-27-19)12-24-20(30)18-9-17(28-31-18)15-6-5-14(22)8-16(15)23/h3-11H,12H2,1-2H3,(H,24,30). The minimum absolute atomic E-state index is 0.0314. The highest BCUT2D eigenvalue weighted by molar-refractivity contribution is 5.92. The minimum atomic E-state index is -0.799. The third kappa shape index (κ3) is 4.04. The molecule has 1 aromatic carbocycles. The van der Waals surface area contributed by atoms with Crippen LogP contribution < -0.4 is 5.32 Å². The van der Waals surface area contributed by atoms with Crippen LogP contribution in [0, 0.1) is 11.6 Å². The first-order valence-electron chi connectivity index (χ1n) is 9.34. The summed E-state index contributed by atoms with van der Waals surface area (Å²) < 4.78 is 33.9. The molecule has 0 aliphatic heterocycles. The van der Waals surface area contributed by atoms with Crippen LogP contribution in [0.25, 0.3) is 11.3 Å². The molecular formula is C21H18F2N6O2. The zero-order valence-corrected chi connectivity index (χ0v) is 16.7. The van der Waals surface area contributed by atoms with Gasteiger partial charge in [0.15, 0.2) is 0 Å². The molecule has 0 aliphatic rings. The molecule has 1 N–H and O–H groups in total. The van der Waals surface area contributed by atoms with Gasteiger partial charge >= 0.3 is 0 Å². The Bertz CT molecular complexity index is 1220. The highest BCUT2D eigenvalue weighted by Crippen LogP contribution is 2.29. The number of benzene rings is 1. The Morgan fingerprint density at radius 3 is 2.77 bits per heavy atom. The smallest absolute Gasteiger partial charge is 0.289 e. The second-order valence-electron chi connectivity index (χ2n) is 7.23. The lowest BCUT2D eigenvalue weighted by Crippen LogP contribution is -2.40. The molecule has 1 atom stereocenters. The van der Waals surface area contributed by atoms with Gasteiger partial charge in [-0.1, -0.05) is 5.16 Å². The fraction of sp³-hybridized carbons (Fsp3) is 0.190. The quantitative estimate of drug-likeness (QED) is 0.511. The van der Waals surface area contributed by atoms with Gasteiger partial charge in [0.05, 0.1) is 17.3 Å². The molecule has 1 amide bonds. The largest absolute Gasteiger partial charge is 0.350 e. The van der Waals surface area contributed by atoms with E-state index in [9.17, 15) is 13.6 Å². The maximum Gasteiger partial charge on any atom is 0.289 e. The van der Waals surface area contributed by atoms with Gasteiger partial charge in [-0.2, -0.15) is 15.3 Å². The molecule has 3 aromatic heterocycles. The second-order valence-corrected chi connectivity index (χ2v) is 7.23. The summed E-state index contributed by atoms with van der Waals surface area (Å²) in [5, 5.41) is 18.9. The molecule has 31 heavy (non-hydrogen) atoms. The Morgan fingerprint density at radius 1 is 1.26 bits per heavy atom. The van der Waals surface area contributed by atoms with E-state index in [0.29, 0.717) is 5.69 Å². The Morgan fingerprint density at radius 2 is 2.10 bits per heavy atom. The first kappa shape index (κ1) is 20.3. The van der Waals surface area contributed by atoms with Crippen LogP contribution in [0.3, 0.4) is 0 Å². The van der Waals surface area contributed by atoms with Crippen LogP contribution in [-0.2, 0) is 12.5 Å². The molecule has 0 radical (unpaired) electrons. The van der Waals surface area contributed by atoms with E-state index in [1.165, 1.54) is 12.1 Å². The van der Waals surface area contributed by atoms with Crippen molar-refractivity contribution in [2.45, 2.75) is 12.3 Å². The van der Waals surface area contributed by atoms with Crippen molar-refractivity contribution in [3.63, 3.8) is 0 Å². The topological polar surface area (TPSA) is 98.7 Å². The third-order valence-electron chi connectivity index (χ3n) is 5.02. The number of rotatable bonds is 6. The molecule has 4 rings (SSSR count). The molecule has 8 nitrogen and oxygen atoms in total. The highest BCUT2D eigenvalue weighted by Gasteiger charge is 2.33. The molecule has 0 spiro atoms. The van der Waals surface area contributed by atoms with Crippen molar-refractivity contribution >= 4 is 5.91 Å². The molecule has 0 saturated carbocycles. The molecule has 158 valence electrons. The highest BCUT2D eigenvalue weighted by atomic mass is 19.1. The lowest BCUT2D eigenvalue weighted by molar-refractivity contribution is 0.0910. The third-order valence-corrected chi connectivity index (χ3v) is 5.02. The number of carbonyl (C=O) groups excluding carboxylic acids is 1. The Kier molecular flexibility index (Phi) is 5.28. The van der Waals surface area contributed by atoms with Crippen molar-refractivity contribution in [2.75, 3.05) is 6.54 Å². The van der Waals surface area contributed by atoms with E-state index in [1.807, 2.05) is 19.2 Å². The SMILES string of the molecule is Cn1cc(C(C)(CNC(=O)c2cc(-c3ccc(F)cc3F)no2)c2cccnn2)cn1. The molecular weight excluding hydrogens is 406 g/mol. The fourth-order valence-electron chi connectivity index (χ4n) is 3.19. The van der Waals surface area contributed by atoms with Crippen LogP contribution in [-0.4, -0.2) is 37.6 Å². The van der Waals surface area contributed by atoms with Gasteiger partial charge in [-0.05, 0) is 31.2 Å². The van der Waals surface area contributed by atoms with Gasteiger partial charge in [0.25, 0.3) is 5.91 Å². The maximum atomic E-state index is 14.0. The summed E-state index contributed by atoms with van der Waals surface area (Å²) in [7, 11) is 1.80. The number of aromatic nitrogens is 5. The van der Waals surface area contributed by atoms with Crippen molar-refractivity contribution in [2.24, 2.45) is 7.05 Å². The first-order valence-corrected chi connectivity index (χ1v) is 9.34. The van der Waals surface area contributed by atoms with Crippen molar-refractivity contribution < 1.29 is 18.1 Å². The number of halogens is 2. The van der Waals surface area contributed by atoms with Gasteiger partial charge < -0.3 is 9.84 Å². The number of hydrogen-bond acceptors (Lipinski definition) is 6. The van der Waals surface area contributed by atoms with E-state index < -0.39 is 23.0 Å². The molecule has 10 heteroatoms. The summed E-state index contributed by atoms with van der Waals surface area (Å²) in [6.45, 7) is 2.07. The van der Waals surface area contributed by atoms with Crippen LogP contribution in [0.4, 0.5) is 8.78 Å². The van der Waals surface area contributed by atoms with Crippen LogP contribution in [0.15, 0.2) is 59.5 Å². The maximum absolute atomic E-state index is 14.0. The normalized spacial score (nSPS) is 13.0. The molecule has 0 fully saturated rings. The van der Waals surface area contributed by atoms with E-state index in [2.05, 4.69) is 25.8 Å². The van der Waals surface area contributed by atoms with E-state index in [-0.39, 0.29) is 23.6 Å². The van der Waals surface area contributed by atoms with Gasteiger partial charge in [-0.3, -0.25) is 9.48 Å². The van der Waals surface area contributed by atoms with Crippen LogP contribution in [0.1, 0.15) is 28.7 Å². The number of nitrogens with one attached hydrogen (secondary N) is 1. The average molecular weight is 424 g/mol. The predicted octanol–water partition coefficient (Wildman–Crippen LogP) is 2.88. The van der Waals surface area contributed by atoms with E-state index >= 15 is 0 Å². The Balaban J connectivity index is 1.56. The van der Waals surface area contributed by atoms with Crippen LogP contribution >= 0.6 is 0 Å². The van der Waals surface area contributed by atoms with Crippen molar-refractivity contribution in [3.05, 3.63) is 83.6 Å². The Hall–Kier alpha value is -3.95. The summed E-state index contributed by atoms with van der Waals surface area (Å²) in [4.78, 5) is 12.7. The van der Waals surface area contributed by atoms with Crippen molar-refractivity contribution in [1.29, 1.82) is 0 Å². The summed E-state index contributed by atoms with van der Waals surface area (Å²) in [5.41, 5.74) is 0.886. The Labute approximate surface area is 175 Å². The average Bonchev–Trinajstić information content (AvgIpc) is 3.42. The molecule has 4 aromatic rings. The second kappa shape index (κ2) is 8.05. The molecule has 3 heterocycles. The molecule has 0 bridgehead atoms.